The van der Waals surface area contributed by atoms with E-state index in [9.17, 15) is 22.4 Å². The minimum atomic E-state index is -4.85. The van der Waals surface area contributed by atoms with Gasteiger partial charge in [0.2, 0.25) is 0 Å². The van der Waals surface area contributed by atoms with E-state index in [1.807, 2.05) is 0 Å². The molecule has 21 heavy (non-hydrogen) atoms. The SMILES string of the molecule is O=C(c1ccc(F)c(C(F)(F)F)c1)c1ccc(Br)cc1Br. The Bertz CT molecular complexity index is 711. The van der Waals surface area contributed by atoms with Gasteiger partial charge >= 0.3 is 6.18 Å². The summed E-state index contributed by atoms with van der Waals surface area (Å²) in [5, 5.41) is 0. The second kappa shape index (κ2) is 5.88. The molecule has 0 amide bonds. The third-order valence-corrected chi connectivity index (χ3v) is 3.86. The largest absolute Gasteiger partial charge is 0.419 e. The fourth-order valence-corrected chi connectivity index (χ4v) is 2.94. The molecule has 2 aromatic carbocycles. The number of benzene rings is 2. The normalized spacial score (nSPS) is 11.5. The Balaban J connectivity index is 2.49. The summed E-state index contributed by atoms with van der Waals surface area (Å²) in [5.41, 5.74) is -1.49. The first-order valence-corrected chi connectivity index (χ1v) is 7.15. The van der Waals surface area contributed by atoms with Crippen molar-refractivity contribution in [1.29, 1.82) is 0 Å². The van der Waals surface area contributed by atoms with Crippen LogP contribution in [0.5, 0.6) is 0 Å². The van der Waals surface area contributed by atoms with Gasteiger partial charge in [0.15, 0.2) is 5.78 Å². The van der Waals surface area contributed by atoms with E-state index in [-0.39, 0.29) is 11.1 Å². The molecule has 0 radical (unpaired) electrons. The number of alkyl halides is 3. The zero-order chi connectivity index (χ0) is 15.8. The molecule has 0 N–H and O–H groups in total. The number of carbonyl (C=O) groups excluding carboxylic acids is 1. The lowest BCUT2D eigenvalue weighted by atomic mass is 10.0. The first-order valence-electron chi connectivity index (χ1n) is 5.56. The van der Waals surface area contributed by atoms with Gasteiger partial charge in [-0.1, -0.05) is 15.9 Å². The van der Waals surface area contributed by atoms with Crippen LogP contribution in [0.15, 0.2) is 45.3 Å². The molecule has 0 unspecified atom stereocenters. The van der Waals surface area contributed by atoms with Crippen LogP contribution in [0.1, 0.15) is 21.5 Å². The second-order valence-electron chi connectivity index (χ2n) is 4.15. The van der Waals surface area contributed by atoms with Gasteiger partial charge in [-0.2, -0.15) is 13.2 Å². The number of rotatable bonds is 2. The van der Waals surface area contributed by atoms with Gasteiger partial charge in [-0.3, -0.25) is 4.79 Å². The minimum Gasteiger partial charge on any atom is -0.289 e. The van der Waals surface area contributed by atoms with Crippen LogP contribution in [0.2, 0.25) is 0 Å². The van der Waals surface area contributed by atoms with Crippen LogP contribution in [0.4, 0.5) is 17.6 Å². The predicted octanol–water partition coefficient (Wildman–Crippen LogP) is 5.60. The summed E-state index contributed by atoms with van der Waals surface area (Å²) in [4.78, 5) is 12.2. The van der Waals surface area contributed by atoms with Crippen molar-refractivity contribution < 1.29 is 22.4 Å². The monoisotopic (exact) mass is 424 g/mol. The summed E-state index contributed by atoms with van der Waals surface area (Å²) in [6, 6.07) is 6.84. The molecule has 0 saturated heterocycles. The van der Waals surface area contributed by atoms with Crippen molar-refractivity contribution in [3.8, 4) is 0 Å². The summed E-state index contributed by atoms with van der Waals surface area (Å²) in [6.07, 6.45) is -4.85. The zero-order valence-corrected chi connectivity index (χ0v) is 13.3. The molecular weight excluding hydrogens is 420 g/mol. The molecule has 0 aliphatic heterocycles. The van der Waals surface area contributed by atoms with E-state index < -0.39 is 23.3 Å². The highest BCUT2D eigenvalue weighted by Gasteiger charge is 2.34. The lowest BCUT2D eigenvalue weighted by Gasteiger charge is -2.10. The van der Waals surface area contributed by atoms with Crippen molar-refractivity contribution in [1.82, 2.24) is 0 Å². The molecule has 0 bridgehead atoms. The lowest BCUT2D eigenvalue weighted by molar-refractivity contribution is -0.140. The third kappa shape index (κ3) is 3.52. The molecule has 7 heteroatoms. The third-order valence-electron chi connectivity index (χ3n) is 2.71. The number of halogens is 6. The molecule has 0 aromatic heterocycles. The Kier molecular flexibility index (Phi) is 4.53. The average Bonchev–Trinajstić information content (AvgIpc) is 2.37. The summed E-state index contributed by atoms with van der Waals surface area (Å²) >= 11 is 6.38. The van der Waals surface area contributed by atoms with E-state index in [1.165, 1.54) is 6.07 Å². The highest BCUT2D eigenvalue weighted by Crippen LogP contribution is 2.33. The van der Waals surface area contributed by atoms with Crippen molar-refractivity contribution >= 4 is 37.6 Å². The molecule has 0 saturated carbocycles. The smallest absolute Gasteiger partial charge is 0.289 e. The van der Waals surface area contributed by atoms with Gasteiger partial charge in [-0.15, -0.1) is 0 Å². The highest BCUT2D eigenvalue weighted by molar-refractivity contribution is 9.11. The topological polar surface area (TPSA) is 17.1 Å². The van der Waals surface area contributed by atoms with Crippen molar-refractivity contribution in [2.45, 2.75) is 6.18 Å². The Morgan fingerprint density at radius 1 is 1.00 bits per heavy atom. The molecule has 0 atom stereocenters. The maximum absolute atomic E-state index is 13.2. The maximum atomic E-state index is 13.2. The van der Waals surface area contributed by atoms with E-state index >= 15 is 0 Å². The van der Waals surface area contributed by atoms with Gasteiger partial charge in [0.05, 0.1) is 5.56 Å². The molecule has 0 aliphatic carbocycles. The van der Waals surface area contributed by atoms with E-state index in [0.29, 0.717) is 21.1 Å². The summed E-state index contributed by atoms with van der Waals surface area (Å²) in [5.74, 6) is -2.03. The molecule has 0 spiro atoms. The number of carbonyl (C=O) groups is 1. The van der Waals surface area contributed by atoms with Crippen molar-refractivity contribution in [3.05, 3.63) is 67.9 Å². The standard InChI is InChI=1S/C14H6Br2F4O/c15-8-2-3-9(11(16)6-8)13(21)7-1-4-12(17)10(5-7)14(18,19)20/h1-6H. The van der Waals surface area contributed by atoms with Gasteiger partial charge < -0.3 is 0 Å². The lowest BCUT2D eigenvalue weighted by Crippen LogP contribution is -2.11. The molecule has 0 aliphatic rings. The van der Waals surface area contributed by atoms with E-state index in [2.05, 4.69) is 31.9 Å². The van der Waals surface area contributed by atoms with Crippen LogP contribution in [0.25, 0.3) is 0 Å². The van der Waals surface area contributed by atoms with Gasteiger partial charge in [-0.25, -0.2) is 4.39 Å². The number of hydrogen-bond donors (Lipinski definition) is 0. The summed E-state index contributed by atoms with van der Waals surface area (Å²) in [6.45, 7) is 0. The van der Waals surface area contributed by atoms with Crippen molar-refractivity contribution in [2.24, 2.45) is 0 Å². The minimum absolute atomic E-state index is 0.193. The van der Waals surface area contributed by atoms with E-state index in [0.717, 1.165) is 6.07 Å². The molecule has 110 valence electrons. The fourth-order valence-electron chi connectivity index (χ4n) is 1.71. The van der Waals surface area contributed by atoms with Gasteiger partial charge in [0, 0.05) is 20.1 Å². The fraction of sp³-hybridized carbons (Fsp3) is 0.0714. The zero-order valence-electron chi connectivity index (χ0n) is 10.1. The molecular formula is C14H6Br2F4O. The van der Waals surface area contributed by atoms with E-state index in [4.69, 9.17) is 0 Å². The Labute approximate surface area is 134 Å². The van der Waals surface area contributed by atoms with Crippen molar-refractivity contribution in [3.63, 3.8) is 0 Å². The second-order valence-corrected chi connectivity index (χ2v) is 5.92. The summed E-state index contributed by atoms with van der Waals surface area (Å²) < 4.78 is 52.3. The molecule has 2 rings (SSSR count). The average molecular weight is 426 g/mol. The number of hydrogen-bond acceptors (Lipinski definition) is 1. The predicted molar refractivity (Wildman–Crippen MR) is 76.7 cm³/mol. The van der Waals surface area contributed by atoms with E-state index in [1.54, 1.807) is 12.1 Å². The van der Waals surface area contributed by atoms with Gasteiger partial charge in [0.25, 0.3) is 0 Å². The first kappa shape index (κ1) is 16.2. The van der Waals surface area contributed by atoms with Crippen LogP contribution < -0.4 is 0 Å². The quantitative estimate of drug-likeness (QED) is 0.452. The number of ketones is 1. The first-order chi connectivity index (χ1) is 9.70. The van der Waals surface area contributed by atoms with Crippen LogP contribution in [0.3, 0.4) is 0 Å². The van der Waals surface area contributed by atoms with Crippen LogP contribution in [-0.4, -0.2) is 5.78 Å². The summed E-state index contributed by atoms with van der Waals surface area (Å²) in [7, 11) is 0. The van der Waals surface area contributed by atoms with Gasteiger partial charge in [0.1, 0.15) is 5.82 Å². The van der Waals surface area contributed by atoms with Crippen LogP contribution >= 0.6 is 31.9 Å². The molecule has 0 heterocycles. The maximum Gasteiger partial charge on any atom is 0.419 e. The highest BCUT2D eigenvalue weighted by atomic mass is 79.9. The van der Waals surface area contributed by atoms with Crippen LogP contribution in [0, 0.1) is 5.82 Å². The Hall–Kier alpha value is -1.21. The van der Waals surface area contributed by atoms with Crippen molar-refractivity contribution in [2.75, 3.05) is 0 Å². The molecule has 2 aromatic rings. The Morgan fingerprint density at radius 2 is 1.67 bits per heavy atom. The molecule has 1 nitrogen and oxygen atoms in total. The molecule has 0 fully saturated rings. The van der Waals surface area contributed by atoms with Gasteiger partial charge in [-0.05, 0) is 52.3 Å². The Morgan fingerprint density at radius 3 is 2.24 bits per heavy atom. The van der Waals surface area contributed by atoms with Crippen LogP contribution in [-0.2, 0) is 6.18 Å².